The summed E-state index contributed by atoms with van der Waals surface area (Å²) in [6.07, 6.45) is 1.71. The van der Waals surface area contributed by atoms with Crippen molar-refractivity contribution in [2.24, 2.45) is 0 Å². The topological polar surface area (TPSA) is 45.8 Å². The Balaban J connectivity index is 2.22. The van der Waals surface area contributed by atoms with Gasteiger partial charge in [-0.15, -0.1) is 11.3 Å². The highest BCUT2D eigenvalue weighted by molar-refractivity contribution is 7.26. The van der Waals surface area contributed by atoms with Gasteiger partial charge >= 0.3 is 0 Å². The number of benzene rings is 2. The molecule has 5 aromatic rings. The van der Waals surface area contributed by atoms with Crippen LogP contribution in [-0.4, -0.2) is 9.97 Å². The SMILES string of the molecule is O=c1[nH]c2ncccc2c2c1sc1ccc3ccccc3c12. The zero-order valence-corrected chi connectivity index (χ0v) is 12.3. The van der Waals surface area contributed by atoms with E-state index in [4.69, 9.17) is 0 Å². The van der Waals surface area contributed by atoms with Crippen LogP contribution < -0.4 is 5.56 Å². The van der Waals surface area contributed by atoms with E-state index in [1.807, 2.05) is 24.3 Å². The van der Waals surface area contributed by atoms with Gasteiger partial charge in [-0.1, -0.05) is 30.3 Å². The molecule has 0 aliphatic rings. The lowest BCUT2D eigenvalue weighted by Gasteiger charge is -2.02. The first-order chi connectivity index (χ1) is 10.8. The summed E-state index contributed by atoms with van der Waals surface area (Å²) >= 11 is 1.55. The molecule has 0 aliphatic heterocycles. The van der Waals surface area contributed by atoms with E-state index in [-0.39, 0.29) is 5.56 Å². The van der Waals surface area contributed by atoms with Gasteiger partial charge in [-0.05, 0) is 29.0 Å². The average molecular weight is 302 g/mol. The second kappa shape index (κ2) is 4.15. The van der Waals surface area contributed by atoms with E-state index < -0.39 is 0 Å². The Morgan fingerprint density at radius 2 is 1.77 bits per heavy atom. The minimum absolute atomic E-state index is 0.0634. The van der Waals surface area contributed by atoms with E-state index in [2.05, 4.69) is 34.2 Å². The minimum atomic E-state index is -0.0634. The predicted octanol–water partition coefficient (Wildman–Crippen LogP) is 4.44. The monoisotopic (exact) mass is 302 g/mol. The molecule has 22 heavy (non-hydrogen) atoms. The molecule has 0 unspecified atom stereocenters. The van der Waals surface area contributed by atoms with Crippen LogP contribution in [0.2, 0.25) is 0 Å². The number of nitrogens with one attached hydrogen (secondary N) is 1. The number of aromatic nitrogens is 2. The molecule has 2 aromatic carbocycles. The standard InChI is InChI=1S/C18H10N2OS/c21-18-16-15(12-6-3-9-19-17(12)20-18)14-11-5-2-1-4-10(11)7-8-13(14)22-16/h1-9H,(H,19,20,21). The van der Waals surface area contributed by atoms with E-state index in [1.54, 1.807) is 17.5 Å². The van der Waals surface area contributed by atoms with Crippen molar-refractivity contribution in [1.82, 2.24) is 9.97 Å². The second-order valence-electron chi connectivity index (χ2n) is 5.32. The zero-order valence-electron chi connectivity index (χ0n) is 11.5. The van der Waals surface area contributed by atoms with E-state index in [1.165, 1.54) is 10.8 Å². The molecule has 4 heteroatoms. The summed E-state index contributed by atoms with van der Waals surface area (Å²) in [4.78, 5) is 19.6. The Bertz CT molecular complexity index is 1250. The van der Waals surface area contributed by atoms with Gasteiger partial charge in [-0.2, -0.15) is 0 Å². The largest absolute Gasteiger partial charge is 0.305 e. The van der Waals surface area contributed by atoms with E-state index in [0.29, 0.717) is 5.65 Å². The number of fused-ring (bicyclic) bond motifs is 7. The van der Waals surface area contributed by atoms with Gasteiger partial charge in [0.1, 0.15) is 10.3 Å². The van der Waals surface area contributed by atoms with Crippen molar-refractivity contribution in [1.29, 1.82) is 0 Å². The zero-order chi connectivity index (χ0) is 14.7. The fourth-order valence-electron chi connectivity index (χ4n) is 3.16. The number of thiophene rings is 1. The summed E-state index contributed by atoms with van der Waals surface area (Å²) in [7, 11) is 0. The van der Waals surface area contributed by atoms with Gasteiger partial charge in [0.2, 0.25) is 0 Å². The van der Waals surface area contributed by atoms with Crippen LogP contribution in [0.15, 0.2) is 59.5 Å². The van der Waals surface area contributed by atoms with E-state index in [9.17, 15) is 4.79 Å². The summed E-state index contributed by atoms with van der Waals surface area (Å²) in [5, 5.41) is 5.54. The van der Waals surface area contributed by atoms with Crippen LogP contribution >= 0.6 is 11.3 Å². The van der Waals surface area contributed by atoms with Crippen molar-refractivity contribution in [3.05, 3.63) is 65.1 Å². The first kappa shape index (κ1) is 11.9. The van der Waals surface area contributed by atoms with Crippen LogP contribution in [0.1, 0.15) is 0 Å². The number of rotatable bonds is 0. The van der Waals surface area contributed by atoms with Crippen molar-refractivity contribution in [3.8, 4) is 0 Å². The molecular formula is C18H10N2OS. The van der Waals surface area contributed by atoms with Gasteiger partial charge < -0.3 is 4.98 Å². The Morgan fingerprint density at radius 3 is 2.73 bits per heavy atom. The molecule has 0 fully saturated rings. The molecule has 5 rings (SSSR count). The summed E-state index contributed by atoms with van der Waals surface area (Å²) in [6.45, 7) is 0. The van der Waals surface area contributed by atoms with Gasteiger partial charge in [0.25, 0.3) is 5.56 Å². The predicted molar refractivity (Wildman–Crippen MR) is 92.8 cm³/mol. The molecule has 0 amide bonds. The van der Waals surface area contributed by atoms with Crippen LogP contribution in [-0.2, 0) is 0 Å². The van der Waals surface area contributed by atoms with Crippen molar-refractivity contribution >= 4 is 53.3 Å². The summed E-state index contributed by atoms with van der Waals surface area (Å²) in [6, 6.07) is 16.4. The van der Waals surface area contributed by atoms with Gasteiger partial charge in [0.15, 0.2) is 0 Å². The molecule has 0 saturated heterocycles. The minimum Gasteiger partial charge on any atom is -0.305 e. The molecule has 0 bridgehead atoms. The summed E-state index contributed by atoms with van der Waals surface area (Å²) in [5.74, 6) is 0. The second-order valence-corrected chi connectivity index (χ2v) is 6.37. The van der Waals surface area contributed by atoms with Gasteiger partial charge in [-0.3, -0.25) is 4.79 Å². The van der Waals surface area contributed by atoms with Crippen LogP contribution in [0, 0.1) is 0 Å². The molecule has 3 aromatic heterocycles. The molecule has 1 N–H and O–H groups in total. The molecule has 0 spiro atoms. The lowest BCUT2D eigenvalue weighted by Crippen LogP contribution is -2.04. The molecule has 0 saturated carbocycles. The number of H-pyrrole nitrogens is 1. The maximum atomic E-state index is 12.4. The fraction of sp³-hybridized carbons (Fsp3) is 0. The lowest BCUT2D eigenvalue weighted by molar-refractivity contribution is 1.26. The molecule has 0 atom stereocenters. The molecule has 104 valence electrons. The molecule has 0 aliphatic carbocycles. The Hall–Kier alpha value is -2.72. The van der Waals surface area contributed by atoms with Crippen molar-refractivity contribution in [2.45, 2.75) is 0 Å². The Labute approximate surface area is 128 Å². The third-order valence-corrected chi connectivity index (χ3v) is 5.25. The summed E-state index contributed by atoms with van der Waals surface area (Å²) in [5.41, 5.74) is 0.583. The molecule has 3 nitrogen and oxygen atoms in total. The van der Waals surface area contributed by atoms with E-state index in [0.717, 1.165) is 25.6 Å². The Morgan fingerprint density at radius 1 is 0.909 bits per heavy atom. The lowest BCUT2D eigenvalue weighted by atomic mass is 10.0. The van der Waals surface area contributed by atoms with Gasteiger partial charge in [0.05, 0.1) is 0 Å². The number of pyridine rings is 2. The highest BCUT2D eigenvalue weighted by Gasteiger charge is 2.14. The summed E-state index contributed by atoms with van der Waals surface area (Å²) < 4.78 is 1.91. The third kappa shape index (κ3) is 1.45. The quantitative estimate of drug-likeness (QED) is 0.459. The van der Waals surface area contributed by atoms with Gasteiger partial charge in [0, 0.05) is 27.1 Å². The van der Waals surface area contributed by atoms with Crippen LogP contribution in [0.5, 0.6) is 0 Å². The highest BCUT2D eigenvalue weighted by atomic mass is 32.1. The number of hydrogen-bond donors (Lipinski definition) is 1. The normalized spacial score (nSPS) is 11.8. The van der Waals surface area contributed by atoms with Crippen molar-refractivity contribution in [3.63, 3.8) is 0 Å². The van der Waals surface area contributed by atoms with Crippen molar-refractivity contribution in [2.75, 3.05) is 0 Å². The highest BCUT2D eigenvalue weighted by Crippen LogP contribution is 2.39. The first-order valence-electron chi connectivity index (χ1n) is 7.04. The van der Waals surface area contributed by atoms with Crippen molar-refractivity contribution < 1.29 is 0 Å². The van der Waals surface area contributed by atoms with Gasteiger partial charge in [-0.25, -0.2) is 4.98 Å². The maximum Gasteiger partial charge on any atom is 0.267 e. The number of aromatic amines is 1. The van der Waals surface area contributed by atoms with Crippen LogP contribution in [0.25, 0.3) is 42.0 Å². The smallest absolute Gasteiger partial charge is 0.267 e. The maximum absolute atomic E-state index is 12.4. The van der Waals surface area contributed by atoms with Crippen LogP contribution in [0.3, 0.4) is 0 Å². The third-order valence-electron chi connectivity index (χ3n) is 4.10. The molecular weight excluding hydrogens is 292 g/mol. The van der Waals surface area contributed by atoms with E-state index >= 15 is 0 Å². The average Bonchev–Trinajstić information content (AvgIpc) is 2.96. The number of hydrogen-bond acceptors (Lipinski definition) is 3. The number of nitrogens with zero attached hydrogens (tertiary/aromatic N) is 1. The first-order valence-corrected chi connectivity index (χ1v) is 7.85. The molecule has 0 radical (unpaired) electrons. The Kier molecular flexibility index (Phi) is 2.24. The fourth-order valence-corrected chi connectivity index (χ4v) is 4.28. The van der Waals surface area contributed by atoms with Crippen LogP contribution in [0.4, 0.5) is 0 Å². The molecule has 3 heterocycles.